The van der Waals surface area contributed by atoms with E-state index in [1.807, 2.05) is 6.92 Å². The van der Waals surface area contributed by atoms with Crippen molar-refractivity contribution in [2.75, 3.05) is 20.1 Å². The second-order valence-corrected chi connectivity index (χ2v) is 3.12. The number of carbonyl (C=O) groups excluding carboxylic acids is 2. The first kappa shape index (κ1) is 9.03. The number of urea groups is 1. The Hall–Kier alpha value is -1.06. The number of hydrogen-bond donors (Lipinski definition) is 1. The van der Waals surface area contributed by atoms with Crippen LogP contribution in [0.1, 0.15) is 13.3 Å². The van der Waals surface area contributed by atoms with E-state index >= 15 is 0 Å². The molecule has 0 spiro atoms. The van der Waals surface area contributed by atoms with Crippen molar-refractivity contribution in [1.82, 2.24) is 10.2 Å². The van der Waals surface area contributed by atoms with Gasteiger partial charge in [-0.05, 0) is 0 Å². The Balaban J connectivity index is 2.50. The summed E-state index contributed by atoms with van der Waals surface area (Å²) < 4.78 is 0. The zero-order valence-electron chi connectivity index (χ0n) is 7.46. The highest BCUT2D eigenvalue weighted by atomic mass is 16.2. The number of ketones is 1. The van der Waals surface area contributed by atoms with Crippen LogP contribution in [0.15, 0.2) is 0 Å². The molecule has 0 aromatic rings. The summed E-state index contributed by atoms with van der Waals surface area (Å²) in [5, 5.41) is 2.55. The Bertz CT molecular complexity index is 203. The first-order valence-corrected chi connectivity index (χ1v) is 4.14. The van der Waals surface area contributed by atoms with Gasteiger partial charge in [-0.15, -0.1) is 0 Å². The van der Waals surface area contributed by atoms with Crippen LogP contribution in [0, 0.1) is 5.92 Å². The van der Waals surface area contributed by atoms with Crippen LogP contribution >= 0.6 is 0 Å². The highest BCUT2D eigenvalue weighted by Gasteiger charge is 2.25. The summed E-state index contributed by atoms with van der Waals surface area (Å²) in [4.78, 5) is 23.9. The summed E-state index contributed by atoms with van der Waals surface area (Å²) in [5.74, 6) is 0.256. The molecule has 68 valence electrons. The summed E-state index contributed by atoms with van der Waals surface area (Å²) in [6.45, 7) is 2.97. The number of rotatable bonds is 0. The van der Waals surface area contributed by atoms with Crippen molar-refractivity contribution in [1.29, 1.82) is 0 Å². The van der Waals surface area contributed by atoms with Crippen LogP contribution < -0.4 is 5.32 Å². The molecular weight excluding hydrogens is 156 g/mol. The summed E-state index contributed by atoms with van der Waals surface area (Å²) in [5.41, 5.74) is 0. The topological polar surface area (TPSA) is 49.4 Å². The Morgan fingerprint density at radius 3 is 2.83 bits per heavy atom. The van der Waals surface area contributed by atoms with Gasteiger partial charge in [0, 0.05) is 32.5 Å². The third-order valence-electron chi connectivity index (χ3n) is 2.17. The van der Waals surface area contributed by atoms with Gasteiger partial charge in [0.1, 0.15) is 5.78 Å². The molecule has 1 aliphatic rings. The van der Waals surface area contributed by atoms with E-state index in [4.69, 9.17) is 0 Å². The second kappa shape index (κ2) is 3.56. The van der Waals surface area contributed by atoms with Crippen LogP contribution in [0.4, 0.5) is 4.79 Å². The lowest BCUT2D eigenvalue weighted by Gasteiger charge is -2.29. The van der Waals surface area contributed by atoms with Gasteiger partial charge in [0.15, 0.2) is 0 Å². The lowest BCUT2D eigenvalue weighted by atomic mass is 9.99. The molecule has 0 aliphatic carbocycles. The molecule has 1 atom stereocenters. The normalized spacial score (nSPS) is 24.0. The smallest absolute Gasteiger partial charge is 0.317 e. The SMILES string of the molecule is CNC(=O)N1CCC(=O)C(C)C1. The number of amides is 2. The molecule has 1 heterocycles. The van der Waals surface area contributed by atoms with E-state index in [1.165, 1.54) is 0 Å². The van der Waals surface area contributed by atoms with Crippen LogP contribution in [0.2, 0.25) is 0 Å². The van der Waals surface area contributed by atoms with Crippen LogP contribution in [0.5, 0.6) is 0 Å². The maximum atomic E-state index is 11.1. The van der Waals surface area contributed by atoms with Crippen LogP contribution in [0.3, 0.4) is 0 Å². The highest BCUT2D eigenvalue weighted by molar-refractivity contribution is 5.84. The van der Waals surface area contributed by atoms with Gasteiger partial charge in [0.2, 0.25) is 0 Å². The number of piperidine rings is 1. The number of likely N-dealkylation sites (tertiary alicyclic amines) is 1. The van der Waals surface area contributed by atoms with Gasteiger partial charge in [-0.3, -0.25) is 4.79 Å². The third-order valence-corrected chi connectivity index (χ3v) is 2.17. The fourth-order valence-electron chi connectivity index (χ4n) is 1.36. The van der Waals surface area contributed by atoms with E-state index in [1.54, 1.807) is 11.9 Å². The van der Waals surface area contributed by atoms with Crippen molar-refractivity contribution in [3.8, 4) is 0 Å². The minimum absolute atomic E-state index is 0.00366. The fourth-order valence-corrected chi connectivity index (χ4v) is 1.36. The predicted molar refractivity (Wildman–Crippen MR) is 44.8 cm³/mol. The molecule has 4 nitrogen and oxygen atoms in total. The minimum Gasteiger partial charge on any atom is -0.341 e. The van der Waals surface area contributed by atoms with E-state index in [0.717, 1.165) is 0 Å². The average molecular weight is 170 g/mol. The number of carbonyl (C=O) groups is 2. The first-order chi connectivity index (χ1) is 5.65. The van der Waals surface area contributed by atoms with E-state index in [0.29, 0.717) is 19.5 Å². The minimum atomic E-state index is -0.0886. The van der Waals surface area contributed by atoms with Crippen molar-refractivity contribution in [2.24, 2.45) is 5.92 Å². The lowest BCUT2D eigenvalue weighted by molar-refractivity contribution is -0.124. The molecule has 4 heteroatoms. The molecule has 2 amide bonds. The van der Waals surface area contributed by atoms with Crippen LogP contribution in [-0.2, 0) is 4.79 Å². The summed E-state index contributed by atoms with van der Waals surface area (Å²) in [7, 11) is 1.60. The van der Waals surface area contributed by atoms with Crippen molar-refractivity contribution in [3.63, 3.8) is 0 Å². The van der Waals surface area contributed by atoms with E-state index in [-0.39, 0.29) is 17.7 Å². The summed E-state index contributed by atoms with van der Waals surface area (Å²) in [6.07, 6.45) is 0.495. The van der Waals surface area contributed by atoms with Gasteiger partial charge in [-0.1, -0.05) is 6.92 Å². The zero-order chi connectivity index (χ0) is 9.14. The van der Waals surface area contributed by atoms with Gasteiger partial charge in [-0.2, -0.15) is 0 Å². The summed E-state index contributed by atoms with van der Waals surface area (Å²) >= 11 is 0. The molecule has 1 rings (SSSR count). The molecule has 0 aromatic heterocycles. The van der Waals surface area contributed by atoms with Gasteiger partial charge in [0.25, 0.3) is 0 Å². The fraction of sp³-hybridized carbons (Fsp3) is 0.750. The van der Waals surface area contributed by atoms with Gasteiger partial charge < -0.3 is 10.2 Å². The van der Waals surface area contributed by atoms with Crippen LogP contribution in [-0.4, -0.2) is 36.9 Å². The average Bonchev–Trinajstić information content (AvgIpc) is 2.08. The largest absolute Gasteiger partial charge is 0.341 e. The molecule has 0 radical (unpaired) electrons. The molecule has 1 unspecified atom stereocenters. The van der Waals surface area contributed by atoms with E-state index in [2.05, 4.69) is 5.32 Å². The zero-order valence-corrected chi connectivity index (χ0v) is 7.46. The standard InChI is InChI=1S/C8H14N2O2/c1-6-5-10(8(12)9-2)4-3-7(6)11/h6H,3-5H2,1-2H3,(H,9,12). The molecule has 1 N–H and O–H groups in total. The Kier molecular flexibility index (Phi) is 2.68. The van der Waals surface area contributed by atoms with Gasteiger partial charge in [0.05, 0.1) is 0 Å². The maximum absolute atomic E-state index is 11.1. The predicted octanol–water partition coefficient (Wildman–Crippen LogP) is 0.237. The lowest BCUT2D eigenvalue weighted by Crippen LogP contribution is -2.46. The van der Waals surface area contributed by atoms with Gasteiger partial charge >= 0.3 is 6.03 Å². The second-order valence-electron chi connectivity index (χ2n) is 3.12. The molecule has 1 saturated heterocycles. The quantitative estimate of drug-likeness (QED) is 0.566. The third kappa shape index (κ3) is 1.75. The van der Waals surface area contributed by atoms with E-state index < -0.39 is 0 Å². The Labute approximate surface area is 71.9 Å². The monoisotopic (exact) mass is 170 g/mol. The van der Waals surface area contributed by atoms with Crippen LogP contribution in [0.25, 0.3) is 0 Å². The van der Waals surface area contributed by atoms with Crippen molar-refractivity contribution in [3.05, 3.63) is 0 Å². The molecular formula is C8H14N2O2. The summed E-state index contributed by atoms with van der Waals surface area (Å²) in [6, 6.07) is -0.0886. The first-order valence-electron chi connectivity index (χ1n) is 4.14. The molecule has 1 fully saturated rings. The molecule has 0 saturated carbocycles. The van der Waals surface area contributed by atoms with Crippen molar-refractivity contribution >= 4 is 11.8 Å². The van der Waals surface area contributed by atoms with Crippen molar-refractivity contribution in [2.45, 2.75) is 13.3 Å². The molecule has 12 heavy (non-hydrogen) atoms. The highest BCUT2D eigenvalue weighted by Crippen LogP contribution is 2.11. The number of hydrogen-bond acceptors (Lipinski definition) is 2. The number of nitrogens with zero attached hydrogens (tertiary/aromatic N) is 1. The van der Waals surface area contributed by atoms with Gasteiger partial charge in [-0.25, -0.2) is 4.79 Å². The molecule has 1 aliphatic heterocycles. The Morgan fingerprint density at radius 2 is 2.33 bits per heavy atom. The molecule has 0 bridgehead atoms. The van der Waals surface area contributed by atoms with Crippen molar-refractivity contribution < 1.29 is 9.59 Å². The number of Topliss-reactive ketones (excluding diaryl/α,β-unsaturated/α-hetero) is 1. The number of nitrogens with one attached hydrogen (secondary N) is 1. The Morgan fingerprint density at radius 1 is 1.67 bits per heavy atom. The molecule has 0 aromatic carbocycles. The van der Waals surface area contributed by atoms with E-state index in [9.17, 15) is 9.59 Å². The maximum Gasteiger partial charge on any atom is 0.317 e.